The standard InChI is InChI=1S/C13H20N4OS/c14-4-1-2-5-16-6-8-17(9-7-16)13-12-11(18-15-13)3-10-19-12/h3,10H,1-2,4-9,14H2. The summed E-state index contributed by atoms with van der Waals surface area (Å²) in [6.07, 6.45) is 2.33. The highest BCUT2D eigenvalue weighted by molar-refractivity contribution is 7.17. The Balaban J connectivity index is 1.57. The van der Waals surface area contributed by atoms with E-state index in [1.54, 1.807) is 11.3 Å². The number of nitrogens with two attached hydrogens (primary N) is 1. The van der Waals surface area contributed by atoms with Gasteiger partial charge in [0, 0.05) is 26.2 Å². The quantitative estimate of drug-likeness (QED) is 0.846. The first kappa shape index (κ1) is 12.9. The van der Waals surface area contributed by atoms with Crippen LogP contribution in [0.4, 0.5) is 5.82 Å². The SMILES string of the molecule is NCCCCN1CCN(c2noc3ccsc23)CC1. The van der Waals surface area contributed by atoms with Crippen LogP contribution < -0.4 is 10.6 Å². The molecule has 0 aliphatic carbocycles. The zero-order chi connectivity index (χ0) is 13.1. The highest BCUT2D eigenvalue weighted by Gasteiger charge is 2.21. The van der Waals surface area contributed by atoms with Crippen LogP contribution >= 0.6 is 11.3 Å². The van der Waals surface area contributed by atoms with Crippen molar-refractivity contribution in [3.05, 3.63) is 11.4 Å². The second kappa shape index (κ2) is 5.90. The van der Waals surface area contributed by atoms with Gasteiger partial charge >= 0.3 is 0 Å². The molecule has 0 saturated carbocycles. The molecule has 1 fully saturated rings. The van der Waals surface area contributed by atoms with Gasteiger partial charge in [0.15, 0.2) is 11.4 Å². The number of thiophene rings is 1. The Morgan fingerprint density at radius 1 is 1.26 bits per heavy atom. The first-order valence-electron chi connectivity index (χ1n) is 6.89. The van der Waals surface area contributed by atoms with Crippen LogP contribution in [-0.4, -0.2) is 49.3 Å². The van der Waals surface area contributed by atoms with E-state index in [9.17, 15) is 0 Å². The molecule has 104 valence electrons. The van der Waals surface area contributed by atoms with Crippen molar-refractivity contribution in [1.29, 1.82) is 0 Å². The predicted octanol–water partition coefficient (Wildman–Crippen LogP) is 1.75. The molecule has 3 rings (SSSR count). The average molecular weight is 280 g/mol. The zero-order valence-corrected chi connectivity index (χ0v) is 11.9. The Hall–Kier alpha value is -1.11. The summed E-state index contributed by atoms with van der Waals surface area (Å²) < 4.78 is 6.52. The largest absolute Gasteiger partial charge is 0.353 e. The van der Waals surface area contributed by atoms with Crippen LogP contribution in [0.2, 0.25) is 0 Å². The molecule has 3 heterocycles. The fraction of sp³-hybridized carbons (Fsp3) is 0.615. The lowest BCUT2D eigenvalue weighted by molar-refractivity contribution is 0.252. The molecule has 6 heteroatoms. The molecule has 1 aliphatic heterocycles. The summed E-state index contributed by atoms with van der Waals surface area (Å²) in [4.78, 5) is 4.85. The molecule has 1 aliphatic rings. The van der Waals surface area contributed by atoms with E-state index in [0.717, 1.165) is 57.1 Å². The van der Waals surface area contributed by atoms with Crippen LogP contribution in [0.15, 0.2) is 16.0 Å². The van der Waals surface area contributed by atoms with Crippen molar-refractivity contribution in [3.8, 4) is 0 Å². The van der Waals surface area contributed by atoms with Gasteiger partial charge in [0.25, 0.3) is 0 Å². The number of fused-ring (bicyclic) bond motifs is 1. The summed E-state index contributed by atoms with van der Waals surface area (Å²) >= 11 is 1.71. The Bertz CT molecular complexity index is 515. The van der Waals surface area contributed by atoms with Crippen LogP contribution in [0.25, 0.3) is 10.3 Å². The van der Waals surface area contributed by atoms with E-state index in [4.69, 9.17) is 10.3 Å². The van der Waals surface area contributed by atoms with Gasteiger partial charge in [0.2, 0.25) is 0 Å². The van der Waals surface area contributed by atoms with Gasteiger partial charge in [-0.2, -0.15) is 0 Å². The topological polar surface area (TPSA) is 58.5 Å². The maximum absolute atomic E-state index is 5.53. The normalized spacial score (nSPS) is 17.4. The van der Waals surface area contributed by atoms with E-state index in [-0.39, 0.29) is 0 Å². The van der Waals surface area contributed by atoms with Crippen LogP contribution in [0.1, 0.15) is 12.8 Å². The molecule has 1 saturated heterocycles. The van der Waals surface area contributed by atoms with Crippen LogP contribution in [0, 0.1) is 0 Å². The number of anilines is 1. The number of hydrogen-bond donors (Lipinski definition) is 1. The fourth-order valence-corrected chi connectivity index (χ4v) is 3.35. The van der Waals surface area contributed by atoms with Crippen molar-refractivity contribution >= 4 is 27.4 Å². The van der Waals surface area contributed by atoms with Crippen LogP contribution in [0.5, 0.6) is 0 Å². The highest BCUT2D eigenvalue weighted by atomic mass is 32.1. The van der Waals surface area contributed by atoms with Gasteiger partial charge in [0.05, 0.1) is 0 Å². The Morgan fingerprint density at radius 3 is 2.89 bits per heavy atom. The van der Waals surface area contributed by atoms with Crippen molar-refractivity contribution < 1.29 is 4.52 Å². The minimum atomic E-state index is 0.801. The maximum atomic E-state index is 5.53. The fourth-order valence-electron chi connectivity index (χ4n) is 2.53. The summed E-state index contributed by atoms with van der Waals surface area (Å²) in [5.74, 6) is 1.02. The molecular weight excluding hydrogens is 260 g/mol. The van der Waals surface area contributed by atoms with Crippen LogP contribution in [0.3, 0.4) is 0 Å². The zero-order valence-electron chi connectivity index (χ0n) is 11.0. The lowest BCUT2D eigenvalue weighted by Crippen LogP contribution is -2.46. The third-order valence-corrected chi connectivity index (χ3v) is 4.55. The van der Waals surface area contributed by atoms with Crippen molar-refractivity contribution in [3.63, 3.8) is 0 Å². The summed E-state index contributed by atoms with van der Waals surface area (Å²) in [7, 11) is 0. The Kier molecular flexibility index (Phi) is 4.00. The Labute approximate surface area is 116 Å². The molecule has 2 aromatic rings. The van der Waals surface area contributed by atoms with Crippen LogP contribution in [-0.2, 0) is 0 Å². The number of hydrogen-bond acceptors (Lipinski definition) is 6. The second-order valence-corrected chi connectivity index (χ2v) is 5.86. The van der Waals surface area contributed by atoms with E-state index in [2.05, 4.69) is 20.3 Å². The summed E-state index contributed by atoms with van der Waals surface area (Å²) in [6.45, 7) is 6.23. The predicted molar refractivity (Wildman–Crippen MR) is 78.8 cm³/mol. The van der Waals surface area contributed by atoms with Gasteiger partial charge in [-0.1, -0.05) is 5.16 Å². The van der Waals surface area contributed by atoms with Crippen molar-refractivity contribution in [1.82, 2.24) is 10.1 Å². The molecule has 0 bridgehead atoms. The van der Waals surface area contributed by atoms with E-state index >= 15 is 0 Å². The van der Waals surface area contributed by atoms with E-state index < -0.39 is 0 Å². The Morgan fingerprint density at radius 2 is 2.11 bits per heavy atom. The number of aromatic nitrogens is 1. The van der Waals surface area contributed by atoms with Gasteiger partial charge in [-0.15, -0.1) is 11.3 Å². The summed E-state index contributed by atoms with van der Waals surface area (Å²) in [5.41, 5.74) is 6.44. The van der Waals surface area contributed by atoms with Gasteiger partial charge < -0.3 is 15.2 Å². The van der Waals surface area contributed by atoms with E-state index in [1.807, 2.05) is 6.07 Å². The molecule has 5 nitrogen and oxygen atoms in total. The monoisotopic (exact) mass is 280 g/mol. The van der Waals surface area contributed by atoms with E-state index in [0.29, 0.717) is 0 Å². The lowest BCUT2D eigenvalue weighted by atomic mass is 10.2. The van der Waals surface area contributed by atoms with E-state index in [1.165, 1.54) is 11.1 Å². The minimum absolute atomic E-state index is 0.801. The number of unbranched alkanes of at least 4 members (excludes halogenated alkanes) is 1. The third kappa shape index (κ3) is 2.75. The molecular formula is C13H20N4OS. The molecule has 0 aromatic carbocycles. The number of rotatable bonds is 5. The van der Waals surface area contributed by atoms with Crippen molar-refractivity contribution in [2.24, 2.45) is 5.73 Å². The molecule has 0 radical (unpaired) electrons. The van der Waals surface area contributed by atoms with Gasteiger partial charge in [-0.3, -0.25) is 4.90 Å². The average Bonchev–Trinajstić information content (AvgIpc) is 3.02. The third-order valence-electron chi connectivity index (χ3n) is 3.66. The smallest absolute Gasteiger partial charge is 0.190 e. The maximum Gasteiger partial charge on any atom is 0.190 e. The molecule has 0 atom stereocenters. The van der Waals surface area contributed by atoms with Gasteiger partial charge in [0.1, 0.15) is 4.70 Å². The molecule has 19 heavy (non-hydrogen) atoms. The van der Waals surface area contributed by atoms with Crippen molar-refractivity contribution in [2.45, 2.75) is 12.8 Å². The van der Waals surface area contributed by atoms with Crippen molar-refractivity contribution in [2.75, 3.05) is 44.2 Å². The number of piperazine rings is 1. The highest BCUT2D eigenvalue weighted by Crippen LogP contribution is 2.31. The summed E-state index contributed by atoms with van der Waals surface area (Å²) in [5, 5.41) is 6.26. The first-order chi connectivity index (χ1) is 9.38. The molecule has 2 aromatic heterocycles. The second-order valence-electron chi connectivity index (χ2n) is 4.94. The molecule has 2 N–H and O–H groups in total. The number of nitrogens with zero attached hydrogens (tertiary/aromatic N) is 3. The van der Waals surface area contributed by atoms with Gasteiger partial charge in [-0.25, -0.2) is 0 Å². The molecule has 0 spiro atoms. The minimum Gasteiger partial charge on any atom is -0.353 e. The molecule has 0 unspecified atom stereocenters. The lowest BCUT2D eigenvalue weighted by Gasteiger charge is -2.34. The van der Waals surface area contributed by atoms with Gasteiger partial charge in [-0.05, 0) is 37.4 Å². The summed E-state index contributed by atoms with van der Waals surface area (Å²) in [6, 6.07) is 1.99. The molecule has 0 amide bonds. The first-order valence-corrected chi connectivity index (χ1v) is 7.76.